The number of amides is 1. The highest BCUT2D eigenvalue weighted by atomic mass is 35.5. The number of hydrogen-bond donors (Lipinski definition) is 3. The summed E-state index contributed by atoms with van der Waals surface area (Å²) in [6, 6.07) is 10.9. The number of thiocarbonyl (C=S) groups is 1. The van der Waals surface area contributed by atoms with E-state index in [-0.39, 0.29) is 27.5 Å². The molecule has 0 fully saturated rings. The highest BCUT2D eigenvalue weighted by Crippen LogP contribution is 2.23. The number of nitrogens with one attached hydrogen (secondary N) is 2. The molecule has 0 saturated carbocycles. The lowest BCUT2D eigenvalue weighted by molar-refractivity contribution is 0.0696. The minimum Gasteiger partial charge on any atom is -0.491 e. The summed E-state index contributed by atoms with van der Waals surface area (Å²) in [5.74, 6) is -0.927. The Kier molecular flexibility index (Phi) is 7.15. The minimum absolute atomic E-state index is 0.00214. The van der Waals surface area contributed by atoms with Crippen molar-refractivity contribution in [1.82, 2.24) is 5.32 Å². The van der Waals surface area contributed by atoms with E-state index in [1.165, 1.54) is 18.2 Å². The van der Waals surface area contributed by atoms with Gasteiger partial charge in [0.05, 0.1) is 22.4 Å². The van der Waals surface area contributed by atoms with Gasteiger partial charge in [0.15, 0.2) is 5.11 Å². The zero-order valence-corrected chi connectivity index (χ0v) is 16.4. The summed E-state index contributed by atoms with van der Waals surface area (Å²) in [6.07, 6.45) is 0.885. The van der Waals surface area contributed by atoms with Crippen LogP contribution in [0.5, 0.6) is 5.75 Å². The zero-order chi connectivity index (χ0) is 20.0. The second-order valence-corrected chi connectivity index (χ2v) is 6.59. The monoisotopic (exact) mass is 406 g/mol. The van der Waals surface area contributed by atoms with Crippen LogP contribution in [0, 0.1) is 0 Å². The number of carbonyl (C=O) groups is 2. The van der Waals surface area contributed by atoms with E-state index in [4.69, 9.17) is 33.7 Å². The zero-order valence-electron chi connectivity index (χ0n) is 14.8. The highest BCUT2D eigenvalue weighted by Gasteiger charge is 2.12. The summed E-state index contributed by atoms with van der Waals surface area (Å²) in [5, 5.41) is 14.6. The number of aromatic carboxylic acids is 1. The van der Waals surface area contributed by atoms with Crippen molar-refractivity contribution in [2.24, 2.45) is 0 Å². The van der Waals surface area contributed by atoms with Crippen molar-refractivity contribution in [3.8, 4) is 5.75 Å². The van der Waals surface area contributed by atoms with Gasteiger partial charge in [0, 0.05) is 5.56 Å². The first-order chi connectivity index (χ1) is 12.8. The maximum Gasteiger partial charge on any atom is 0.335 e. The Hall–Kier alpha value is -2.64. The smallest absolute Gasteiger partial charge is 0.335 e. The van der Waals surface area contributed by atoms with Crippen molar-refractivity contribution in [3.63, 3.8) is 0 Å². The van der Waals surface area contributed by atoms with Gasteiger partial charge in [0.25, 0.3) is 5.91 Å². The van der Waals surface area contributed by atoms with Gasteiger partial charge in [-0.15, -0.1) is 0 Å². The lowest BCUT2D eigenvalue weighted by atomic mass is 10.2. The highest BCUT2D eigenvalue weighted by molar-refractivity contribution is 7.80. The van der Waals surface area contributed by atoms with Crippen LogP contribution in [0.2, 0.25) is 5.02 Å². The van der Waals surface area contributed by atoms with E-state index in [0.717, 1.165) is 6.42 Å². The van der Waals surface area contributed by atoms with Crippen LogP contribution in [0.4, 0.5) is 5.69 Å². The van der Waals surface area contributed by atoms with E-state index in [2.05, 4.69) is 10.6 Å². The van der Waals surface area contributed by atoms with Crippen LogP contribution in [0.3, 0.4) is 0 Å². The van der Waals surface area contributed by atoms with Gasteiger partial charge in [-0.05, 0) is 62.0 Å². The maximum absolute atomic E-state index is 12.4. The molecule has 0 aromatic heterocycles. The molecule has 1 amide bonds. The Bertz CT molecular complexity index is 873. The Morgan fingerprint density at radius 3 is 2.63 bits per heavy atom. The van der Waals surface area contributed by atoms with Crippen LogP contribution in [0.15, 0.2) is 42.5 Å². The molecule has 0 unspecified atom stereocenters. The molecule has 0 aliphatic rings. The number of ether oxygens (including phenoxy) is 1. The van der Waals surface area contributed by atoms with Gasteiger partial charge in [-0.3, -0.25) is 10.1 Å². The number of anilines is 1. The first kappa shape index (κ1) is 20.7. The van der Waals surface area contributed by atoms with E-state index >= 15 is 0 Å². The van der Waals surface area contributed by atoms with Crippen LogP contribution < -0.4 is 15.4 Å². The summed E-state index contributed by atoms with van der Waals surface area (Å²) < 4.78 is 5.70. The molecule has 0 aliphatic heterocycles. The van der Waals surface area contributed by atoms with Gasteiger partial charge in [-0.25, -0.2) is 4.79 Å². The fourth-order valence-electron chi connectivity index (χ4n) is 2.11. The lowest BCUT2D eigenvalue weighted by Gasteiger charge is -2.14. The molecule has 2 aromatic carbocycles. The molecular weight excluding hydrogens is 388 g/mol. The van der Waals surface area contributed by atoms with Gasteiger partial charge in [0.2, 0.25) is 0 Å². The Balaban J connectivity index is 2.06. The van der Waals surface area contributed by atoms with Crippen LogP contribution >= 0.6 is 23.8 Å². The molecule has 0 radical (unpaired) electrons. The fraction of sp³-hybridized carbons (Fsp3) is 0.211. The van der Waals surface area contributed by atoms with Gasteiger partial charge in [-0.2, -0.15) is 0 Å². The van der Waals surface area contributed by atoms with Gasteiger partial charge >= 0.3 is 5.97 Å². The average Bonchev–Trinajstić information content (AvgIpc) is 2.63. The SMILES string of the molecule is CC[C@@H](C)Oc1cccc(C(=O)NC(=S)Nc2cc(C(=O)O)ccc2Cl)c1. The van der Waals surface area contributed by atoms with E-state index in [1.54, 1.807) is 24.3 Å². The van der Waals surface area contributed by atoms with Gasteiger partial charge in [-0.1, -0.05) is 24.6 Å². The molecule has 142 valence electrons. The number of halogens is 1. The van der Waals surface area contributed by atoms with Gasteiger partial charge < -0.3 is 15.2 Å². The molecule has 6 nitrogen and oxygen atoms in total. The standard InChI is InChI=1S/C19H19ClN2O4S/c1-3-11(2)26-14-6-4-5-12(9-14)17(23)22-19(27)21-16-10-13(18(24)25)7-8-15(16)20/h4-11H,3H2,1-2H3,(H,24,25)(H2,21,22,23,27)/t11-/m1/s1. The number of hydrogen-bond acceptors (Lipinski definition) is 4. The van der Waals surface area contributed by atoms with Crippen molar-refractivity contribution in [3.05, 3.63) is 58.6 Å². The fourth-order valence-corrected chi connectivity index (χ4v) is 2.48. The summed E-state index contributed by atoms with van der Waals surface area (Å²) in [7, 11) is 0. The quantitative estimate of drug-likeness (QED) is 0.618. The summed E-state index contributed by atoms with van der Waals surface area (Å²) in [4.78, 5) is 23.4. The van der Waals surface area contributed by atoms with E-state index < -0.39 is 11.9 Å². The first-order valence-corrected chi connectivity index (χ1v) is 9.00. The van der Waals surface area contributed by atoms with Crippen molar-refractivity contribution in [2.45, 2.75) is 26.4 Å². The molecule has 0 saturated heterocycles. The number of carbonyl (C=O) groups excluding carboxylic acids is 1. The van der Waals surface area contributed by atoms with Gasteiger partial charge in [0.1, 0.15) is 5.75 Å². The molecule has 0 bridgehead atoms. The van der Waals surface area contributed by atoms with Crippen LogP contribution in [0.1, 0.15) is 41.0 Å². The predicted molar refractivity (Wildman–Crippen MR) is 109 cm³/mol. The van der Waals surface area contributed by atoms with E-state index in [9.17, 15) is 9.59 Å². The summed E-state index contributed by atoms with van der Waals surface area (Å²) >= 11 is 11.2. The maximum atomic E-state index is 12.4. The summed E-state index contributed by atoms with van der Waals surface area (Å²) in [5.41, 5.74) is 0.715. The molecule has 0 heterocycles. The Morgan fingerprint density at radius 1 is 1.22 bits per heavy atom. The van der Waals surface area contributed by atoms with Crippen LogP contribution in [-0.2, 0) is 0 Å². The molecule has 3 N–H and O–H groups in total. The first-order valence-electron chi connectivity index (χ1n) is 8.22. The molecule has 8 heteroatoms. The molecule has 1 atom stereocenters. The molecule has 27 heavy (non-hydrogen) atoms. The largest absolute Gasteiger partial charge is 0.491 e. The van der Waals surface area contributed by atoms with Crippen molar-refractivity contribution < 1.29 is 19.4 Å². The second kappa shape index (κ2) is 9.34. The molecule has 2 rings (SSSR count). The normalized spacial score (nSPS) is 11.4. The van der Waals surface area contributed by atoms with Crippen LogP contribution in [-0.4, -0.2) is 28.2 Å². The van der Waals surface area contributed by atoms with Crippen molar-refractivity contribution >= 4 is 46.5 Å². The Labute approximate surface area is 167 Å². The van der Waals surface area contributed by atoms with E-state index in [1.807, 2.05) is 13.8 Å². The third-order valence-electron chi connectivity index (χ3n) is 3.70. The van der Waals surface area contributed by atoms with Crippen LogP contribution in [0.25, 0.3) is 0 Å². The van der Waals surface area contributed by atoms with Crippen molar-refractivity contribution in [2.75, 3.05) is 5.32 Å². The van der Waals surface area contributed by atoms with E-state index in [0.29, 0.717) is 11.3 Å². The summed E-state index contributed by atoms with van der Waals surface area (Å²) in [6.45, 7) is 3.95. The average molecular weight is 407 g/mol. The Morgan fingerprint density at radius 2 is 1.96 bits per heavy atom. The molecule has 0 aliphatic carbocycles. The topological polar surface area (TPSA) is 87.7 Å². The van der Waals surface area contributed by atoms with Crippen molar-refractivity contribution in [1.29, 1.82) is 0 Å². The number of benzene rings is 2. The minimum atomic E-state index is -1.09. The second-order valence-electron chi connectivity index (χ2n) is 5.77. The number of carboxylic acid groups (broad SMARTS) is 1. The lowest BCUT2D eigenvalue weighted by Crippen LogP contribution is -2.34. The molecule has 0 spiro atoms. The third-order valence-corrected chi connectivity index (χ3v) is 4.23. The molecular formula is C19H19ClN2O4S. The molecule has 2 aromatic rings. The third kappa shape index (κ3) is 5.94. The number of carboxylic acids is 1. The predicted octanol–water partition coefficient (Wildman–Crippen LogP) is 4.34. The number of rotatable bonds is 6.